The number of benzene rings is 3. The lowest BCUT2D eigenvalue weighted by Crippen LogP contribution is -2.09. The molecule has 0 N–H and O–H groups in total. The van der Waals surface area contributed by atoms with Crippen LogP contribution in [0.15, 0.2) is 86.0 Å². The lowest BCUT2D eigenvalue weighted by Gasteiger charge is -2.09. The summed E-state index contributed by atoms with van der Waals surface area (Å²) in [5.74, 6) is -1.11. The van der Waals surface area contributed by atoms with Gasteiger partial charge in [-0.15, -0.1) is 13.2 Å². The van der Waals surface area contributed by atoms with Crippen molar-refractivity contribution in [2.45, 2.75) is 25.7 Å². The summed E-state index contributed by atoms with van der Waals surface area (Å²) in [6, 6.07) is 16.0. The average molecular weight is 418 g/mol. The van der Waals surface area contributed by atoms with Crippen molar-refractivity contribution < 1.29 is 18.3 Å². The molecule has 0 aliphatic carbocycles. The molecule has 0 amide bonds. The molecule has 158 valence electrons. The zero-order chi connectivity index (χ0) is 22.2. The highest BCUT2D eigenvalue weighted by Gasteiger charge is 2.13. The second-order valence-electron chi connectivity index (χ2n) is 7.19. The fourth-order valence-electron chi connectivity index (χ4n) is 3.22. The number of ether oxygens (including phenoxy) is 1. The molecule has 0 heterocycles. The van der Waals surface area contributed by atoms with E-state index in [1.165, 1.54) is 12.1 Å². The molecule has 0 aliphatic rings. The van der Waals surface area contributed by atoms with Crippen molar-refractivity contribution in [2.75, 3.05) is 0 Å². The third-order valence-electron chi connectivity index (χ3n) is 4.95. The summed E-state index contributed by atoms with van der Waals surface area (Å²) < 4.78 is 34.0. The summed E-state index contributed by atoms with van der Waals surface area (Å²) in [6.45, 7) is 7.30. The molecule has 3 aromatic rings. The fourth-order valence-corrected chi connectivity index (χ4v) is 3.22. The van der Waals surface area contributed by atoms with Crippen LogP contribution in [0.5, 0.6) is 5.75 Å². The van der Waals surface area contributed by atoms with Gasteiger partial charge >= 0.3 is 5.97 Å². The number of halogens is 2. The van der Waals surface area contributed by atoms with Crippen molar-refractivity contribution in [3.05, 3.63) is 114 Å². The molecule has 0 saturated heterocycles. The maximum absolute atomic E-state index is 14.5. The standard InChI is InChI=1S/C27H24F2O2/c1-3-5-7-19-9-16-24(26(29)17-19)20-12-14-23(15-13-20)31-27(30)22-11-10-21(8-6-4-2)25(28)18-22/h3-4,9-18H,1-2,5-8H2. The van der Waals surface area contributed by atoms with E-state index in [4.69, 9.17) is 4.74 Å². The summed E-state index contributed by atoms with van der Waals surface area (Å²) in [4.78, 5) is 12.4. The van der Waals surface area contributed by atoms with E-state index in [-0.39, 0.29) is 11.4 Å². The lowest BCUT2D eigenvalue weighted by atomic mass is 10.0. The van der Waals surface area contributed by atoms with Gasteiger partial charge in [0.1, 0.15) is 17.4 Å². The third kappa shape index (κ3) is 5.76. The van der Waals surface area contributed by atoms with E-state index in [1.807, 2.05) is 6.07 Å². The van der Waals surface area contributed by atoms with Gasteiger partial charge in [-0.3, -0.25) is 0 Å². The van der Waals surface area contributed by atoms with Crippen LogP contribution in [0.4, 0.5) is 8.78 Å². The Bertz CT molecular complexity index is 1080. The Balaban J connectivity index is 1.69. The molecule has 2 nitrogen and oxygen atoms in total. The van der Waals surface area contributed by atoms with Gasteiger partial charge in [-0.1, -0.05) is 42.5 Å². The zero-order valence-electron chi connectivity index (χ0n) is 17.2. The first kappa shape index (κ1) is 22.2. The Hall–Kier alpha value is -3.53. The average Bonchev–Trinajstić information content (AvgIpc) is 2.77. The number of carbonyl (C=O) groups excluding carboxylic acids is 1. The molecule has 0 unspecified atom stereocenters. The van der Waals surface area contributed by atoms with Crippen LogP contribution in [0, 0.1) is 11.6 Å². The van der Waals surface area contributed by atoms with Crippen molar-refractivity contribution in [1.82, 2.24) is 0 Å². The first-order chi connectivity index (χ1) is 15.0. The maximum Gasteiger partial charge on any atom is 0.343 e. The van der Waals surface area contributed by atoms with E-state index in [0.717, 1.165) is 18.4 Å². The molecule has 0 fully saturated rings. The molecule has 0 saturated carbocycles. The van der Waals surface area contributed by atoms with Crippen LogP contribution in [0.1, 0.15) is 34.3 Å². The first-order valence-electron chi connectivity index (χ1n) is 10.1. The smallest absolute Gasteiger partial charge is 0.343 e. The van der Waals surface area contributed by atoms with Crippen molar-refractivity contribution in [3.63, 3.8) is 0 Å². The van der Waals surface area contributed by atoms with Crippen molar-refractivity contribution in [1.29, 1.82) is 0 Å². The summed E-state index contributed by atoms with van der Waals surface area (Å²) in [5, 5.41) is 0. The number of allylic oxidation sites excluding steroid dienone is 2. The largest absolute Gasteiger partial charge is 0.423 e. The number of hydrogen-bond acceptors (Lipinski definition) is 2. The highest BCUT2D eigenvalue weighted by molar-refractivity contribution is 5.91. The Kier molecular flexibility index (Phi) is 7.50. The van der Waals surface area contributed by atoms with E-state index < -0.39 is 11.8 Å². The normalized spacial score (nSPS) is 10.5. The van der Waals surface area contributed by atoms with Crippen molar-refractivity contribution >= 4 is 5.97 Å². The van der Waals surface area contributed by atoms with Gasteiger partial charge in [0.25, 0.3) is 0 Å². The van der Waals surface area contributed by atoms with Crippen molar-refractivity contribution in [3.8, 4) is 16.9 Å². The Morgan fingerprint density at radius 3 is 2.19 bits per heavy atom. The van der Waals surface area contributed by atoms with Crippen LogP contribution in [-0.4, -0.2) is 5.97 Å². The van der Waals surface area contributed by atoms with Crippen LogP contribution < -0.4 is 4.74 Å². The number of hydrogen-bond donors (Lipinski definition) is 0. The molecule has 31 heavy (non-hydrogen) atoms. The van der Waals surface area contributed by atoms with Gasteiger partial charge < -0.3 is 4.74 Å². The molecule has 0 aliphatic heterocycles. The highest BCUT2D eigenvalue weighted by atomic mass is 19.1. The van der Waals surface area contributed by atoms with Crippen LogP contribution in [0.25, 0.3) is 11.1 Å². The van der Waals surface area contributed by atoms with Crippen LogP contribution in [0.3, 0.4) is 0 Å². The van der Waals surface area contributed by atoms with Crippen LogP contribution in [0.2, 0.25) is 0 Å². The molecular formula is C27H24F2O2. The van der Waals surface area contributed by atoms with Gasteiger partial charge in [-0.25, -0.2) is 13.6 Å². The topological polar surface area (TPSA) is 26.3 Å². The maximum atomic E-state index is 14.5. The zero-order valence-corrected chi connectivity index (χ0v) is 17.2. The predicted molar refractivity (Wildman–Crippen MR) is 120 cm³/mol. The van der Waals surface area contributed by atoms with Gasteiger partial charge in [0.05, 0.1) is 5.56 Å². The van der Waals surface area contributed by atoms with Gasteiger partial charge in [0, 0.05) is 5.56 Å². The minimum atomic E-state index is -0.653. The number of aryl methyl sites for hydroxylation is 2. The Morgan fingerprint density at radius 2 is 1.55 bits per heavy atom. The third-order valence-corrected chi connectivity index (χ3v) is 4.95. The van der Waals surface area contributed by atoms with Gasteiger partial charge in [-0.2, -0.15) is 0 Å². The lowest BCUT2D eigenvalue weighted by molar-refractivity contribution is 0.0734. The van der Waals surface area contributed by atoms with Gasteiger partial charge in [0.2, 0.25) is 0 Å². The Morgan fingerprint density at radius 1 is 0.839 bits per heavy atom. The molecule has 4 heteroatoms. The van der Waals surface area contributed by atoms with Crippen LogP contribution >= 0.6 is 0 Å². The van der Waals surface area contributed by atoms with E-state index in [1.54, 1.807) is 54.6 Å². The van der Waals surface area contributed by atoms with Gasteiger partial charge in [-0.05, 0) is 72.7 Å². The van der Waals surface area contributed by atoms with E-state index in [0.29, 0.717) is 35.3 Å². The van der Waals surface area contributed by atoms with E-state index in [9.17, 15) is 13.6 Å². The summed E-state index contributed by atoms with van der Waals surface area (Å²) in [6.07, 6.45) is 6.24. The molecule has 3 rings (SSSR count). The number of esters is 1. The quantitative estimate of drug-likeness (QED) is 0.211. The predicted octanol–water partition coefficient (Wildman–Crippen LogP) is 7.09. The minimum absolute atomic E-state index is 0.130. The minimum Gasteiger partial charge on any atom is -0.423 e. The summed E-state index contributed by atoms with van der Waals surface area (Å²) in [7, 11) is 0. The molecule has 0 aromatic heterocycles. The fraction of sp³-hybridized carbons (Fsp3) is 0.148. The molecule has 0 atom stereocenters. The highest BCUT2D eigenvalue weighted by Crippen LogP contribution is 2.26. The SMILES string of the molecule is C=CCCc1ccc(-c2ccc(OC(=O)c3ccc(CCC=C)c(F)c3)cc2)c(F)c1. The van der Waals surface area contributed by atoms with Gasteiger partial charge in [0.15, 0.2) is 0 Å². The second kappa shape index (κ2) is 10.5. The number of carbonyl (C=O) groups is 1. The molecule has 3 aromatic carbocycles. The molecule has 0 bridgehead atoms. The Labute approximate surface area is 181 Å². The number of rotatable bonds is 9. The molecular weight excluding hydrogens is 394 g/mol. The summed E-state index contributed by atoms with van der Waals surface area (Å²) >= 11 is 0. The van der Waals surface area contributed by atoms with E-state index in [2.05, 4.69) is 13.2 Å². The monoisotopic (exact) mass is 418 g/mol. The summed E-state index contributed by atoms with van der Waals surface area (Å²) in [5.41, 5.74) is 2.71. The molecule has 0 radical (unpaired) electrons. The first-order valence-corrected chi connectivity index (χ1v) is 10.1. The molecule has 0 spiro atoms. The second-order valence-corrected chi connectivity index (χ2v) is 7.19. The van der Waals surface area contributed by atoms with Crippen LogP contribution in [-0.2, 0) is 12.8 Å². The van der Waals surface area contributed by atoms with Crippen molar-refractivity contribution in [2.24, 2.45) is 0 Å². The van der Waals surface area contributed by atoms with E-state index >= 15 is 0 Å².